The van der Waals surface area contributed by atoms with Crippen molar-refractivity contribution >= 4 is 20.1 Å². The lowest BCUT2D eigenvalue weighted by molar-refractivity contribution is -0.144. The van der Waals surface area contributed by atoms with E-state index in [9.17, 15) is 9.59 Å². The van der Waals surface area contributed by atoms with Gasteiger partial charge in [0.2, 0.25) is 0 Å². The zero-order chi connectivity index (χ0) is 15.9. The first-order valence-corrected chi connectivity index (χ1v) is 8.44. The molecule has 122 valence electrons. The number of carbonyl (C=O) groups excluding carboxylic acids is 2. The number of ether oxygens (including phenoxy) is 2. The molecule has 1 fully saturated rings. The van der Waals surface area contributed by atoms with E-state index in [-0.39, 0.29) is 11.9 Å². The van der Waals surface area contributed by atoms with Crippen LogP contribution in [-0.2, 0) is 23.3 Å². The Morgan fingerprint density at radius 3 is 2.24 bits per heavy atom. The van der Waals surface area contributed by atoms with Crippen molar-refractivity contribution in [3.63, 3.8) is 0 Å². The smallest absolute Gasteiger partial charge is 0.384 e. The summed E-state index contributed by atoms with van der Waals surface area (Å²) in [6, 6.07) is 0. The van der Waals surface area contributed by atoms with Gasteiger partial charge in [0.25, 0.3) is 8.38 Å². The molecule has 0 bridgehead atoms. The Kier molecular flexibility index (Phi) is 7.57. The molecule has 1 aliphatic heterocycles. The molecule has 0 unspecified atom stereocenters. The zero-order valence-corrected chi connectivity index (χ0v) is 14.1. The van der Waals surface area contributed by atoms with Gasteiger partial charge >= 0.3 is 11.7 Å². The van der Waals surface area contributed by atoms with Gasteiger partial charge in [0.1, 0.15) is 5.60 Å². The molecule has 0 radical (unpaired) electrons. The molecule has 0 aromatic rings. The topological polar surface area (TPSA) is 71.1 Å². The fourth-order valence-corrected chi connectivity index (χ4v) is 3.03. The van der Waals surface area contributed by atoms with Crippen LogP contribution in [0.5, 0.6) is 0 Å². The standard InChI is InChI=1S/C14H25O6P/c1-5-17-12(15)10-11-6-8-18-21(19-9-7-11)13(16)20-14(2,3)4/h11H,5-10H2,1-4H3. The Bertz CT molecular complexity index is 342. The number of hydrogen-bond donors (Lipinski definition) is 0. The van der Waals surface area contributed by atoms with Crippen LogP contribution in [0.1, 0.15) is 47.0 Å². The second-order valence-electron chi connectivity index (χ2n) is 5.86. The minimum absolute atomic E-state index is 0.167. The third kappa shape index (κ3) is 7.74. The van der Waals surface area contributed by atoms with E-state index >= 15 is 0 Å². The van der Waals surface area contributed by atoms with E-state index in [0.717, 1.165) is 0 Å². The number of carbonyl (C=O) groups is 2. The van der Waals surface area contributed by atoms with Gasteiger partial charge in [-0.05, 0) is 46.5 Å². The Hall–Kier alpha value is -0.710. The molecule has 7 heteroatoms. The lowest BCUT2D eigenvalue weighted by atomic mass is 9.98. The summed E-state index contributed by atoms with van der Waals surface area (Å²) in [5.74, 6) is -0.0303. The van der Waals surface area contributed by atoms with Crippen LogP contribution in [0.4, 0.5) is 4.79 Å². The fourth-order valence-electron chi connectivity index (χ4n) is 1.85. The van der Waals surface area contributed by atoms with Crippen molar-refractivity contribution in [3.8, 4) is 0 Å². The molecule has 0 amide bonds. The molecular formula is C14H25O6P. The second kappa shape index (κ2) is 8.66. The quantitative estimate of drug-likeness (QED) is 0.582. The van der Waals surface area contributed by atoms with Crippen LogP contribution in [0.3, 0.4) is 0 Å². The molecule has 0 saturated carbocycles. The first kappa shape index (κ1) is 18.3. The number of hydrogen-bond acceptors (Lipinski definition) is 6. The van der Waals surface area contributed by atoms with Gasteiger partial charge in [0.15, 0.2) is 0 Å². The summed E-state index contributed by atoms with van der Waals surface area (Å²) in [5.41, 5.74) is -0.998. The Balaban J connectivity index is 2.39. The SMILES string of the molecule is CCOC(=O)CC1CCOP(C(=O)OC(C)(C)C)OCC1. The van der Waals surface area contributed by atoms with E-state index in [2.05, 4.69) is 0 Å². The number of esters is 1. The minimum Gasteiger partial charge on any atom is -0.466 e. The summed E-state index contributed by atoms with van der Waals surface area (Å²) in [6.45, 7) is 8.36. The maximum Gasteiger partial charge on any atom is 0.384 e. The Labute approximate surface area is 127 Å². The van der Waals surface area contributed by atoms with Gasteiger partial charge in [-0.25, -0.2) is 4.79 Å². The second-order valence-corrected chi connectivity index (χ2v) is 7.25. The zero-order valence-electron chi connectivity index (χ0n) is 13.2. The van der Waals surface area contributed by atoms with E-state index in [1.165, 1.54) is 0 Å². The highest BCUT2D eigenvalue weighted by atomic mass is 31.2. The summed E-state index contributed by atoms with van der Waals surface area (Å²) in [6.07, 6.45) is 1.79. The fraction of sp³-hybridized carbons (Fsp3) is 0.857. The molecule has 21 heavy (non-hydrogen) atoms. The molecule has 0 atom stereocenters. The van der Waals surface area contributed by atoms with Crippen LogP contribution in [-0.4, -0.2) is 37.1 Å². The van der Waals surface area contributed by atoms with Crippen LogP contribution in [0, 0.1) is 5.92 Å². The third-order valence-electron chi connectivity index (χ3n) is 2.77. The molecule has 0 aliphatic carbocycles. The van der Waals surface area contributed by atoms with Crippen LogP contribution in [0.2, 0.25) is 0 Å². The maximum atomic E-state index is 11.9. The molecular weight excluding hydrogens is 295 g/mol. The van der Waals surface area contributed by atoms with Crippen LogP contribution in [0.15, 0.2) is 0 Å². The van der Waals surface area contributed by atoms with Crippen LogP contribution in [0.25, 0.3) is 0 Å². The highest BCUT2D eigenvalue weighted by molar-refractivity contribution is 7.65. The van der Waals surface area contributed by atoms with E-state index in [4.69, 9.17) is 18.5 Å². The van der Waals surface area contributed by atoms with Crippen LogP contribution < -0.4 is 0 Å². The molecule has 0 spiro atoms. The predicted octanol–water partition coefficient (Wildman–Crippen LogP) is 3.63. The normalized spacial score (nSPS) is 23.8. The van der Waals surface area contributed by atoms with Gasteiger partial charge in [0, 0.05) is 6.42 Å². The molecule has 1 saturated heterocycles. The molecule has 6 nitrogen and oxygen atoms in total. The monoisotopic (exact) mass is 320 g/mol. The molecule has 0 N–H and O–H groups in total. The molecule has 1 aliphatic rings. The van der Waals surface area contributed by atoms with Gasteiger partial charge in [-0.2, -0.15) is 0 Å². The molecule has 1 rings (SSSR count). The lowest BCUT2D eigenvalue weighted by Gasteiger charge is -2.26. The summed E-state index contributed by atoms with van der Waals surface area (Å²) in [7, 11) is -1.66. The Morgan fingerprint density at radius 1 is 1.19 bits per heavy atom. The van der Waals surface area contributed by atoms with E-state index in [1.807, 2.05) is 0 Å². The average molecular weight is 320 g/mol. The molecule has 0 aromatic carbocycles. The van der Waals surface area contributed by atoms with E-state index < -0.39 is 19.7 Å². The largest absolute Gasteiger partial charge is 0.466 e. The maximum absolute atomic E-state index is 11.9. The van der Waals surface area contributed by atoms with E-state index in [0.29, 0.717) is 39.1 Å². The van der Waals surface area contributed by atoms with Crippen molar-refractivity contribution < 1.29 is 28.1 Å². The van der Waals surface area contributed by atoms with Crippen molar-refractivity contribution in [3.05, 3.63) is 0 Å². The highest BCUT2D eigenvalue weighted by Gasteiger charge is 2.30. The summed E-state index contributed by atoms with van der Waals surface area (Å²) >= 11 is 0. The van der Waals surface area contributed by atoms with Crippen molar-refractivity contribution in [2.75, 3.05) is 19.8 Å². The van der Waals surface area contributed by atoms with Crippen molar-refractivity contribution in [1.82, 2.24) is 0 Å². The Morgan fingerprint density at radius 2 is 1.76 bits per heavy atom. The summed E-state index contributed by atoms with van der Waals surface area (Å²) in [4.78, 5) is 23.4. The summed E-state index contributed by atoms with van der Waals surface area (Å²) < 4.78 is 21.2. The van der Waals surface area contributed by atoms with Gasteiger partial charge in [-0.1, -0.05) is 0 Å². The molecule has 0 aromatic heterocycles. The van der Waals surface area contributed by atoms with Crippen LogP contribution >= 0.6 is 8.38 Å². The number of rotatable bonds is 4. The van der Waals surface area contributed by atoms with Crippen molar-refractivity contribution in [1.29, 1.82) is 0 Å². The van der Waals surface area contributed by atoms with Gasteiger partial charge in [-0.15, -0.1) is 0 Å². The van der Waals surface area contributed by atoms with Crippen molar-refractivity contribution in [2.24, 2.45) is 5.92 Å². The minimum atomic E-state index is -1.66. The predicted molar refractivity (Wildman–Crippen MR) is 79.0 cm³/mol. The first-order valence-electron chi connectivity index (χ1n) is 7.26. The van der Waals surface area contributed by atoms with E-state index in [1.54, 1.807) is 27.7 Å². The highest BCUT2D eigenvalue weighted by Crippen LogP contribution is 2.43. The summed E-state index contributed by atoms with van der Waals surface area (Å²) in [5, 5.41) is 0. The molecule has 1 heterocycles. The third-order valence-corrected chi connectivity index (χ3v) is 4.00. The van der Waals surface area contributed by atoms with Crippen molar-refractivity contribution in [2.45, 2.75) is 52.6 Å². The van der Waals surface area contributed by atoms with Gasteiger partial charge in [-0.3, -0.25) is 4.79 Å². The van der Waals surface area contributed by atoms with Gasteiger partial charge in [0.05, 0.1) is 19.8 Å². The van der Waals surface area contributed by atoms with Gasteiger partial charge < -0.3 is 18.5 Å². The first-order chi connectivity index (χ1) is 9.81. The lowest BCUT2D eigenvalue weighted by Crippen LogP contribution is -2.24. The average Bonchev–Trinajstić information content (AvgIpc) is 2.30.